The van der Waals surface area contributed by atoms with Crippen LogP contribution >= 0.6 is 0 Å². The first-order chi connectivity index (χ1) is 13.2. The van der Waals surface area contributed by atoms with Gasteiger partial charge in [-0.25, -0.2) is 9.97 Å². The molecule has 4 heterocycles. The van der Waals surface area contributed by atoms with Gasteiger partial charge >= 0.3 is 0 Å². The first-order valence-corrected chi connectivity index (χ1v) is 9.69. The lowest BCUT2D eigenvalue weighted by Crippen LogP contribution is -2.50. The Kier molecular flexibility index (Phi) is 3.91. The summed E-state index contributed by atoms with van der Waals surface area (Å²) >= 11 is 0. The lowest BCUT2D eigenvalue weighted by atomic mass is 9.85. The van der Waals surface area contributed by atoms with Gasteiger partial charge in [0.1, 0.15) is 5.82 Å². The monoisotopic (exact) mass is 364 g/mol. The van der Waals surface area contributed by atoms with Crippen molar-refractivity contribution in [2.45, 2.75) is 39.0 Å². The summed E-state index contributed by atoms with van der Waals surface area (Å²) in [7, 11) is 0. The molecule has 1 N–H and O–H groups in total. The van der Waals surface area contributed by atoms with Gasteiger partial charge in [-0.15, -0.1) is 15.3 Å². The minimum atomic E-state index is 0.522. The van der Waals surface area contributed by atoms with Crippen molar-refractivity contribution in [3.05, 3.63) is 35.4 Å². The van der Waals surface area contributed by atoms with Crippen LogP contribution in [0.15, 0.2) is 18.2 Å². The van der Waals surface area contributed by atoms with Gasteiger partial charge < -0.3 is 10.2 Å². The number of nitrogens with zero attached hydrogens (tertiary/aromatic N) is 7. The Morgan fingerprint density at radius 1 is 1.07 bits per heavy atom. The third kappa shape index (κ3) is 3.09. The minimum absolute atomic E-state index is 0.522. The molecule has 140 valence electrons. The molecule has 0 amide bonds. The van der Waals surface area contributed by atoms with E-state index >= 15 is 0 Å². The van der Waals surface area contributed by atoms with Crippen LogP contribution in [0.2, 0.25) is 0 Å². The Morgan fingerprint density at radius 3 is 2.56 bits per heavy atom. The maximum Gasteiger partial charge on any atom is 0.223 e. The van der Waals surface area contributed by atoms with Gasteiger partial charge in [0.05, 0.1) is 0 Å². The molecule has 1 saturated carbocycles. The average Bonchev–Trinajstić information content (AvgIpc) is 2.94. The Labute approximate surface area is 158 Å². The molecule has 0 atom stereocenters. The second-order valence-electron chi connectivity index (χ2n) is 7.77. The highest BCUT2D eigenvalue weighted by Crippen LogP contribution is 2.35. The molecule has 27 heavy (non-hydrogen) atoms. The second kappa shape index (κ2) is 6.44. The molecule has 1 aliphatic carbocycles. The van der Waals surface area contributed by atoms with Gasteiger partial charge in [-0.1, -0.05) is 6.42 Å². The van der Waals surface area contributed by atoms with E-state index in [1.807, 2.05) is 36.6 Å². The molecular formula is C19H24N8. The highest BCUT2D eigenvalue weighted by molar-refractivity contribution is 5.48. The SMILES string of the molecule is Cc1cc(C)nc(NCC2CN(c3ccc4nnc(C5CCC5)n4n3)C2)n1. The van der Waals surface area contributed by atoms with Crippen molar-refractivity contribution < 1.29 is 0 Å². The zero-order valence-corrected chi connectivity index (χ0v) is 15.8. The first-order valence-electron chi connectivity index (χ1n) is 9.69. The Bertz CT molecular complexity index is 951. The minimum Gasteiger partial charge on any atom is -0.354 e. The molecule has 0 radical (unpaired) electrons. The fraction of sp³-hybridized carbons (Fsp3) is 0.526. The van der Waals surface area contributed by atoms with Crippen molar-refractivity contribution in [1.29, 1.82) is 0 Å². The number of aromatic nitrogens is 6. The number of anilines is 2. The maximum absolute atomic E-state index is 4.81. The summed E-state index contributed by atoms with van der Waals surface area (Å²) in [5.41, 5.74) is 2.83. The standard InChI is InChI=1S/C19H24N8/c1-12-8-13(2)22-19(21-12)20-9-14-10-26(11-14)17-7-6-16-23-24-18(27(16)25-17)15-4-3-5-15/h6-8,14-15H,3-5,9-11H2,1-2H3,(H,20,21,22). The number of fused-ring (bicyclic) bond motifs is 1. The summed E-state index contributed by atoms with van der Waals surface area (Å²) in [5, 5.41) is 16.8. The molecule has 0 spiro atoms. The second-order valence-corrected chi connectivity index (χ2v) is 7.77. The first kappa shape index (κ1) is 16.4. The highest BCUT2D eigenvalue weighted by atomic mass is 15.4. The van der Waals surface area contributed by atoms with E-state index in [0.717, 1.165) is 54.3 Å². The molecule has 0 aromatic carbocycles. The van der Waals surface area contributed by atoms with Crippen molar-refractivity contribution in [2.24, 2.45) is 5.92 Å². The summed E-state index contributed by atoms with van der Waals surface area (Å²) in [4.78, 5) is 11.2. The predicted octanol–water partition coefficient (Wildman–Crippen LogP) is 2.35. The number of hydrogen-bond acceptors (Lipinski definition) is 7. The molecule has 2 aliphatic rings. The average molecular weight is 364 g/mol. The summed E-state index contributed by atoms with van der Waals surface area (Å²) in [5.74, 6) is 3.83. The predicted molar refractivity (Wildman–Crippen MR) is 103 cm³/mol. The molecule has 0 bridgehead atoms. The lowest BCUT2D eigenvalue weighted by molar-refractivity contribution is 0.393. The quantitative estimate of drug-likeness (QED) is 0.744. The van der Waals surface area contributed by atoms with Crippen molar-refractivity contribution in [2.75, 3.05) is 29.9 Å². The Hall–Kier alpha value is -2.77. The highest BCUT2D eigenvalue weighted by Gasteiger charge is 2.29. The van der Waals surface area contributed by atoms with Gasteiger partial charge in [-0.2, -0.15) is 4.52 Å². The van der Waals surface area contributed by atoms with E-state index in [1.165, 1.54) is 19.3 Å². The maximum atomic E-state index is 4.81. The Morgan fingerprint density at radius 2 is 1.85 bits per heavy atom. The molecule has 2 fully saturated rings. The van der Waals surface area contributed by atoms with Crippen LogP contribution in [0.25, 0.3) is 5.65 Å². The topological polar surface area (TPSA) is 84.1 Å². The van der Waals surface area contributed by atoms with Gasteiger partial charge in [0.15, 0.2) is 11.5 Å². The summed E-state index contributed by atoms with van der Waals surface area (Å²) < 4.78 is 1.94. The fourth-order valence-corrected chi connectivity index (χ4v) is 3.81. The van der Waals surface area contributed by atoms with Crippen LogP contribution in [0.1, 0.15) is 42.4 Å². The van der Waals surface area contributed by atoms with Gasteiger partial charge in [-0.3, -0.25) is 0 Å². The van der Waals surface area contributed by atoms with Crippen LogP contribution in [-0.2, 0) is 0 Å². The summed E-state index contributed by atoms with van der Waals surface area (Å²) in [6.07, 6.45) is 3.68. The van der Waals surface area contributed by atoms with Crippen LogP contribution in [0.5, 0.6) is 0 Å². The molecule has 8 heteroatoms. The largest absolute Gasteiger partial charge is 0.354 e. The fourth-order valence-electron chi connectivity index (χ4n) is 3.81. The number of rotatable bonds is 5. The van der Waals surface area contributed by atoms with Crippen molar-refractivity contribution in [3.63, 3.8) is 0 Å². The molecule has 1 saturated heterocycles. The van der Waals surface area contributed by atoms with Gasteiger partial charge in [-0.05, 0) is 44.9 Å². The van der Waals surface area contributed by atoms with Crippen LogP contribution in [0.4, 0.5) is 11.8 Å². The lowest BCUT2D eigenvalue weighted by Gasteiger charge is -2.40. The van der Waals surface area contributed by atoms with E-state index in [1.54, 1.807) is 0 Å². The van der Waals surface area contributed by atoms with E-state index in [2.05, 4.69) is 30.4 Å². The van der Waals surface area contributed by atoms with Gasteiger partial charge in [0.2, 0.25) is 5.95 Å². The normalized spacial score (nSPS) is 17.8. The summed E-state index contributed by atoms with van der Waals surface area (Å²) in [6.45, 7) is 6.83. The molecule has 1 aliphatic heterocycles. The zero-order valence-electron chi connectivity index (χ0n) is 15.8. The van der Waals surface area contributed by atoms with Crippen LogP contribution in [0, 0.1) is 19.8 Å². The van der Waals surface area contributed by atoms with Crippen molar-refractivity contribution in [1.82, 2.24) is 29.8 Å². The number of nitrogens with one attached hydrogen (secondary N) is 1. The molecule has 3 aromatic rings. The van der Waals surface area contributed by atoms with Crippen LogP contribution in [-0.4, -0.2) is 49.4 Å². The van der Waals surface area contributed by atoms with E-state index in [4.69, 9.17) is 5.10 Å². The Balaban J connectivity index is 1.22. The van der Waals surface area contributed by atoms with Gasteiger partial charge in [0, 0.05) is 42.9 Å². The molecule has 0 unspecified atom stereocenters. The van der Waals surface area contributed by atoms with Gasteiger partial charge in [0.25, 0.3) is 0 Å². The van der Waals surface area contributed by atoms with Crippen LogP contribution < -0.4 is 10.2 Å². The summed E-state index contributed by atoms with van der Waals surface area (Å²) in [6, 6.07) is 6.05. The van der Waals surface area contributed by atoms with Crippen molar-refractivity contribution in [3.8, 4) is 0 Å². The number of hydrogen-bond donors (Lipinski definition) is 1. The molecular weight excluding hydrogens is 340 g/mol. The molecule has 3 aromatic heterocycles. The third-order valence-corrected chi connectivity index (χ3v) is 5.56. The van der Waals surface area contributed by atoms with E-state index < -0.39 is 0 Å². The van der Waals surface area contributed by atoms with E-state index in [-0.39, 0.29) is 0 Å². The zero-order chi connectivity index (χ0) is 18.4. The van der Waals surface area contributed by atoms with Crippen LogP contribution in [0.3, 0.4) is 0 Å². The number of aryl methyl sites for hydroxylation is 2. The van der Waals surface area contributed by atoms with E-state index in [0.29, 0.717) is 11.8 Å². The smallest absolute Gasteiger partial charge is 0.223 e. The molecule has 8 nitrogen and oxygen atoms in total. The third-order valence-electron chi connectivity index (χ3n) is 5.56. The molecule has 5 rings (SSSR count). The van der Waals surface area contributed by atoms with Crippen molar-refractivity contribution >= 4 is 17.4 Å². The van der Waals surface area contributed by atoms with E-state index in [9.17, 15) is 0 Å².